The van der Waals surface area contributed by atoms with E-state index < -0.39 is 0 Å². The van der Waals surface area contributed by atoms with Crippen LogP contribution in [0.25, 0.3) is 0 Å². The Morgan fingerprint density at radius 2 is 2.33 bits per heavy atom. The molecule has 0 spiro atoms. The van der Waals surface area contributed by atoms with Gasteiger partial charge in [-0.25, -0.2) is 14.8 Å². The molecule has 6 nitrogen and oxygen atoms in total. The van der Waals surface area contributed by atoms with Crippen LogP contribution >= 0.6 is 0 Å². The number of imidazole rings is 1. The summed E-state index contributed by atoms with van der Waals surface area (Å²) in [5, 5.41) is 5.65. The van der Waals surface area contributed by atoms with E-state index in [1.165, 1.54) is 0 Å². The SMILES string of the molecule is Cc1ccc(NC(=O)NCC2CCn3ccnc3C2)nc1. The minimum atomic E-state index is -0.208. The van der Waals surface area contributed by atoms with Crippen molar-refractivity contribution in [1.82, 2.24) is 19.9 Å². The summed E-state index contributed by atoms with van der Waals surface area (Å²) in [6.07, 6.45) is 7.55. The van der Waals surface area contributed by atoms with Crippen molar-refractivity contribution in [1.29, 1.82) is 0 Å². The zero-order valence-corrected chi connectivity index (χ0v) is 12.0. The Hall–Kier alpha value is -2.37. The molecule has 2 N–H and O–H groups in total. The minimum absolute atomic E-state index is 0.208. The molecule has 0 aliphatic carbocycles. The fourth-order valence-electron chi connectivity index (χ4n) is 2.53. The first-order valence-electron chi connectivity index (χ1n) is 7.18. The maximum Gasteiger partial charge on any atom is 0.320 e. The molecular weight excluding hydrogens is 266 g/mol. The van der Waals surface area contributed by atoms with Gasteiger partial charge in [-0.3, -0.25) is 5.32 Å². The molecule has 2 aromatic heterocycles. The van der Waals surface area contributed by atoms with Gasteiger partial charge in [-0.1, -0.05) is 6.07 Å². The summed E-state index contributed by atoms with van der Waals surface area (Å²) in [6.45, 7) is 3.59. The number of fused-ring (bicyclic) bond motifs is 1. The van der Waals surface area contributed by atoms with Crippen LogP contribution < -0.4 is 10.6 Å². The number of aryl methyl sites for hydroxylation is 2. The summed E-state index contributed by atoms with van der Waals surface area (Å²) < 4.78 is 2.17. The van der Waals surface area contributed by atoms with Gasteiger partial charge >= 0.3 is 6.03 Å². The van der Waals surface area contributed by atoms with Crippen LogP contribution in [-0.2, 0) is 13.0 Å². The molecule has 0 bridgehead atoms. The zero-order valence-electron chi connectivity index (χ0n) is 12.0. The van der Waals surface area contributed by atoms with E-state index in [1.807, 2.05) is 25.4 Å². The molecule has 1 unspecified atom stereocenters. The predicted molar refractivity (Wildman–Crippen MR) is 80.0 cm³/mol. The summed E-state index contributed by atoms with van der Waals surface area (Å²) in [4.78, 5) is 20.3. The van der Waals surface area contributed by atoms with Crippen LogP contribution in [0.1, 0.15) is 17.8 Å². The van der Waals surface area contributed by atoms with Crippen molar-refractivity contribution in [2.24, 2.45) is 5.92 Å². The molecule has 3 rings (SSSR count). The van der Waals surface area contributed by atoms with Crippen molar-refractivity contribution in [3.05, 3.63) is 42.1 Å². The second-order valence-corrected chi connectivity index (χ2v) is 5.45. The number of nitrogens with zero attached hydrogens (tertiary/aromatic N) is 3. The van der Waals surface area contributed by atoms with E-state index in [4.69, 9.17) is 0 Å². The van der Waals surface area contributed by atoms with E-state index in [9.17, 15) is 4.79 Å². The molecule has 0 fully saturated rings. The lowest BCUT2D eigenvalue weighted by molar-refractivity contribution is 0.248. The van der Waals surface area contributed by atoms with Crippen molar-refractivity contribution in [3.8, 4) is 0 Å². The molecule has 1 aliphatic heterocycles. The average Bonchev–Trinajstić information content (AvgIpc) is 2.95. The van der Waals surface area contributed by atoms with E-state index in [1.54, 1.807) is 12.3 Å². The fraction of sp³-hybridized carbons (Fsp3) is 0.400. The Bertz CT molecular complexity index is 619. The quantitative estimate of drug-likeness (QED) is 0.905. The summed E-state index contributed by atoms with van der Waals surface area (Å²) in [6, 6.07) is 3.51. The van der Waals surface area contributed by atoms with Gasteiger partial charge in [0.1, 0.15) is 11.6 Å². The van der Waals surface area contributed by atoms with E-state index in [0.29, 0.717) is 18.3 Å². The molecule has 1 atom stereocenters. The molecule has 0 saturated heterocycles. The van der Waals surface area contributed by atoms with Crippen LogP contribution in [0.2, 0.25) is 0 Å². The molecule has 0 saturated carbocycles. The summed E-state index contributed by atoms with van der Waals surface area (Å²) in [5.74, 6) is 2.11. The number of hydrogen-bond acceptors (Lipinski definition) is 3. The van der Waals surface area contributed by atoms with E-state index in [0.717, 1.165) is 30.8 Å². The standard InChI is InChI=1S/C15H19N5O/c1-11-2-3-13(17-9-11)19-15(21)18-10-12-4-6-20-7-5-16-14(20)8-12/h2-3,5,7,9,12H,4,6,8,10H2,1H3,(H2,17,18,19,21). The minimum Gasteiger partial charge on any atom is -0.338 e. The highest BCUT2D eigenvalue weighted by Gasteiger charge is 2.19. The lowest BCUT2D eigenvalue weighted by Crippen LogP contribution is -2.35. The monoisotopic (exact) mass is 285 g/mol. The van der Waals surface area contributed by atoms with Crippen molar-refractivity contribution in [2.45, 2.75) is 26.3 Å². The first kappa shape index (κ1) is 13.6. The summed E-state index contributed by atoms with van der Waals surface area (Å²) >= 11 is 0. The van der Waals surface area contributed by atoms with E-state index in [-0.39, 0.29) is 6.03 Å². The Kier molecular flexibility index (Phi) is 3.85. The second kappa shape index (κ2) is 5.95. The number of carbonyl (C=O) groups is 1. The second-order valence-electron chi connectivity index (χ2n) is 5.45. The molecule has 2 amide bonds. The highest BCUT2D eigenvalue weighted by molar-refractivity contribution is 5.88. The Morgan fingerprint density at radius 1 is 1.43 bits per heavy atom. The topological polar surface area (TPSA) is 71.8 Å². The number of anilines is 1. The van der Waals surface area contributed by atoms with Crippen LogP contribution in [0, 0.1) is 12.8 Å². The number of nitrogens with one attached hydrogen (secondary N) is 2. The lowest BCUT2D eigenvalue weighted by Gasteiger charge is -2.23. The van der Waals surface area contributed by atoms with Gasteiger partial charge in [-0.05, 0) is 30.9 Å². The smallest absolute Gasteiger partial charge is 0.320 e. The number of pyridine rings is 1. The first-order chi connectivity index (χ1) is 10.2. The largest absolute Gasteiger partial charge is 0.338 e. The Morgan fingerprint density at radius 3 is 3.14 bits per heavy atom. The number of rotatable bonds is 3. The van der Waals surface area contributed by atoms with Gasteiger partial charge in [-0.2, -0.15) is 0 Å². The van der Waals surface area contributed by atoms with Crippen molar-refractivity contribution >= 4 is 11.8 Å². The molecule has 0 radical (unpaired) electrons. The number of hydrogen-bond donors (Lipinski definition) is 2. The predicted octanol–water partition coefficient (Wildman–Crippen LogP) is 1.97. The number of carbonyl (C=O) groups excluding carboxylic acids is 1. The third-order valence-corrected chi connectivity index (χ3v) is 3.76. The first-order valence-corrected chi connectivity index (χ1v) is 7.18. The highest BCUT2D eigenvalue weighted by atomic mass is 16.2. The fourth-order valence-corrected chi connectivity index (χ4v) is 2.53. The van der Waals surface area contributed by atoms with Gasteiger partial charge in [0.25, 0.3) is 0 Å². The van der Waals surface area contributed by atoms with Gasteiger partial charge in [0, 0.05) is 38.1 Å². The Labute approximate surface area is 123 Å². The zero-order chi connectivity index (χ0) is 14.7. The molecular formula is C15H19N5O. The van der Waals surface area contributed by atoms with Gasteiger partial charge < -0.3 is 9.88 Å². The normalized spacial score (nSPS) is 17.1. The van der Waals surface area contributed by atoms with Crippen molar-refractivity contribution in [2.75, 3.05) is 11.9 Å². The third kappa shape index (κ3) is 3.39. The van der Waals surface area contributed by atoms with Crippen LogP contribution in [0.3, 0.4) is 0 Å². The maximum atomic E-state index is 11.9. The van der Waals surface area contributed by atoms with E-state index >= 15 is 0 Å². The summed E-state index contributed by atoms with van der Waals surface area (Å²) in [7, 11) is 0. The van der Waals surface area contributed by atoms with E-state index in [2.05, 4.69) is 25.2 Å². The number of aromatic nitrogens is 3. The molecule has 3 heterocycles. The number of amides is 2. The molecule has 2 aromatic rings. The summed E-state index contributed by atoms with van der Waals surface area (Å²) in [5.41, 5.74) is 1.07. The highest BCUT2D eigenvalue weighted by Crippen LogP contribution is 2.18. The molecule has 0 aromatic carbocycles. The van der Waals surface area contributed by atoms with Crippen LogP contribution in [0.4, 0.5) is 10.6 Å². The molecule has 6 heteroatoms. The van der Waals surface area contributed by atoms with Crippen LogP contribution in [0.15, 0.2) is 30.7 Å². The van der Waals surface area contributed by atoms with Crippen molar-refractivity contribution < 1.29 is 4.79 Å². The molecule has 21 heavy (non-hydrogen) atoms. The third-order valence-electron chi connectivity index (χ3n) is 3.76. The average molecular weight is 285 g/mol. The van der Waals surface area contributed by atoms with Crippen molar-refractivity contribution in [3.63, 3.8) is 0 Å². The van der Waals surface area contributed by atoms with Gasteiger partial charge in [0.05, 0.1) is 0 Å². The van der Waals surface area contributed by atoms with Gasteiger partial charge in [0.2, 0.25) is 0 Å². The maximum absolute atomic E-state index is 11.9. The van der Waals surface area contributed by atoms with Crippen LogP contribution in [0.5, 0.6) is 0 Å². The van der Waals surface area contributed by atoms with Crippen LogP contribution in [-0.4, -0.2) is 27.1 Å². The van der Waals surface area contributed by atoms with Gasteiger partial charge in [-0.15, -0.1) is 0 Å². The Balaban J connectivity index is 1.47. The van der Waals surface area contributed by atoms with Gasteiger partial charge in [0.15, 0.2) is 0 Å². The molecule has 110 valence electrons. The number of urea groups is 1. The molecule has 1 aliphatic rings. The lowest BCUT2D eigenvalue weighted by atomic mass is 9.98.